The van der Waals surface area contributed by atoms with Crippen LogP contribution in [-0.2, 0) is 14.8 Å². The van der Waals surface area contributed by atoms with Gasteiger partial charge in [-0.2, -0.15) is 0 Å². The maximum absolute atomic E-state index is 12.4. The van der Waals surface area contributed by atoms with Crippen LogP contribution in [0, 0.1) is 5.92 Å². The van der Waals surface area contributed by atoms with E-state index >= 15 is 0 Å². The van der Waals surface area contributed by atoms with E-state index in [9.17, 15) is 23.1 Å². The number of benzene rings is 1. The quantitative estimate of drug-likeness (QED) is 0.494. The van der Waals surface area contributed by atoms with E-state index in [1.54, 1.807) is 0 Å². The van der Waals surface area contributed by atoms with Crippen LogP contribution in [0.1, 0.15) is 42.5 Å². The molecule has 1 aliphatic rings. The van der Waals surface area contributed by atoms with Gasteiger partial charge in [0.1, 0.15) is 0 Å². The molecular formula is C18H24N2O5S. The first-order valence-corrected chi connectivity index (χ1v) is 10.1. The molecule has 1 aliphatic carbocycles. The number of hydrogen-bond acceptors (Lipinski definition) is 4. The molecule has 0 radical (unpaired) electrons. The number of carbonyl (C=O) groups excluding carboxylic acids is 1. The third kappa shape index (κ3) is 5.15. The molecule has 1 fully saturated rings. The van der Waals surface area contributed by atoms with Crippen molar-refractivity contribution in [1.82, 2.24) is 10.0 Å². The third-order valence-corrected chi connectivity index (χ3v) is 5.93. The van der Waals surface area contributed by atoms with Gasteiger partial charge in [-0.05, 0) is 37.1 Å². The second-order valence-corrected chi connectivity index (χ2v) is 8.09. The van der Waals surface area contributed by atoms with Gasteiger partial charge in [-0.25, -0.2) is 13.1 Å². The molecule has 1 aromatic rings. The molecule has 8 heteroatoms. The van der Waals surface area contributed by atoms with Crippen molar-refractivity contribution in [3.63, 3.8) is 0 Å². The van der Waals surface area contributed by atoms with Crippen molar-refractivity contribution in [2.24, 2.45) is 5.92 Å². The van der Waals surface area contributed by atoms with E-state index in [4.69, 9.17) is 0 Å². The van der Waals surface area contributed by atoms with E-state index in [0.717, 1.165) is 19.3 Å². The van der Waals surface area contributed by atoms with Gasteiger partial charge in [0.15, 0.2) is 0 Å². The highest BCUT2D eigenvalue weighted by atomic mass is 32.2. The lowest BCUT2D eigenvalue weighted by Gasteiger charge is -2.23. The van der Waals surface area contributed by atoms with Crippen LogP contribution >= 0.6 is 0 Å². The van der Waals surface area contributed by atoms with Crippen molar-refractivity contribution in [2.45, 2.75) is 43.0 Å². The fraction of sp³-hybridized carbons (Fsp3) is 0.444. The molecule has 0 unspecified atom stereocenters. The first-order chi connectivity index (χ1) is 12.3. The van der Waals surface area contributed by atoms with Crippen LogP contribution in [0.5, 0.6) is 0 Å². The van der Waals surface area contributed by atoms with Gasteiger partial charge in [-0.15, -0.1) is 6.58 Å². The van der Waals surface area contributed by atoms with Crippen molar-refractivity contribution in [3.05, 3.63) is 42.5 Å². The summed E-state index contributed by atoms with van der Waals surface area (Å²) in [6.45, 7) is 3.57. The van der Waals surface area contributed by atoms with Crippen molar-refractivity contribution >= 4 is 21.9 Å². The molecule has 0 saturated heterocycles. The maximum atomic E-state index is 12.4. The highest BCUT2D eigenvalue weighted by Crippen LogP contribution is 2.24. The summed E-state index contributed by atoms with van der Waals surface area (Å²) in [4.78, 5) is 23.9. The Hall–Kier alpha value is -2.19. The second-order valence-electron chi connectivity index (χ2n) is 6.33. The lowest BCUT2D eigenvalue weighted by atomic mass is 9.94. The number of carbonyl (C=O) groups is 2. The monoisotopic (exact) mass is 380 g/mol. The molecule has 0 aliphatic heterocycles. The lowest BCUT2D eigenvalue weighted by molar-refractivity contribution is -0.142. The van der Waals surface area contributed by atoms with Crippen LogP contribution in [0.4, 0.5) is 0 Å². The van der Waals surface area contributed by atoms with Gasteiger partial charge in [0, 0.05) is 18.2 Å². The Kier molecular flexibility index (Phi) is 6.93. The zero-order valence-corrected chi connectivity index (χ0v) is 15.3. The van der Waals surface area contributed by atoms with E-state index < -0.39 is 33.9 Å². The molecule has 142 valence electrons. The Labute approximate surface area is 153 Å². The number of carboxylic acids is 1. The molecule has 1 saturated carbocycles. The predicted molar refractivity (Wildman–Crippen MR) is 97.3 cm³/mol. The standard InChI is InChI=1S/C18H24N2O5S/c1-2-12-19-26(24,25)14-10-8-13(9-11-14)17(21)20-16-7-5-3-4-6-15(16)18(22)23/h2,8-11,15-16,19H,1,3-7,12H2,(H,20,21)(H,22,23)/t15-,16+/m1/s1. The Balaban J connectivity index is 2.09. The molecule has 1 aromatic carbocycles. The number of carboxylic acid groups (broad SMARTS) is 1. The number of aliphatic carboxylic acids is 1. The van der Waals surface area contributed by atoms with Gasteiger partial charge in [0.25, 0.3) is 5.91 Å². The fourth-order valence-electron chi connectivity index (χ4n) is 3.07. The van der Waals surface area contributed by atoms with Crippen molar-refractivity contribution in [2.75, 3.05) is 6.54 Å². The van der Waals surface area contributed by atoms with Gasteiger partial charge in [0.2, 0.25) is 10.0 Å². The molecule has 0 bridgehead atoms. The minimum absolute atomic E-state index is 0.0498. The van der Waals surface area contributed by atoms with Gasteiger partial charge in [0.05, 0.1) is 10.8 Å². The van der Waals surface area contributed by atoms with Crippen molar-refractivity contribution in [3.8, 4) is 0 Å². The smallest absolute Gasteiger partial charge is 0.308 e. The number of hydrogen-bond donors (Lipinski definition) is 3. The largest absolute Gasteiger partial charge is 0.481 e. The van der Waals surface area contributed by atoms with Gasteiger partial charge in [-0.3, -0.25) is 9.59 Å². The van der Waals surface area contributed by atoms with Gasteiger partial charge < -0.3 is 10.4 Å². The normalized spacial score (nSPS) is 20.8. The highest BCUT2D eigenvalue weighted by molar-refractivity contribution is 7.89. The van der Waals surface area contributed by atoms with Crippen LogP contribution in [0.15, 0.2) is 41.8 Å². The zero-order chi connectivity index (χ0) is 19.2. The molecule has 2 rings (SSSR count). The number of rotatable bonds is 7. The average Bonchev–Trinajstić information content (AvgIpc) is 2.85. The third-order valence-electron chi connectivity index (χ3n) is 4.49. The Morgan fingerprint density at radius 1 is 1.15 bits per heavy atom. The lowest BCUT2D eigenvalue weighted by Crippen LogP contribution is -2.42. The number of nitrogens with one attached hydrogen (secondary N) is 2. The SMILES string of the molecule is C=CCNS(=O)(=O)c1ccc(C(=O)N[C@H]2CCCCC[C@H]2C(=O)O)cc1. The van der Waals surface area contributed by atoms with E-state index in [-0.39, 0.29) is 11.4 Å². The summed E-state index contributed by atoms with van der Waals surface area (Å²) in [6.07, 6.45) is 5.28. The van der Waals surface area contributed by atoms with Crippen LogP contribution in [0.2, 0.25) is 0 Å². The summed E-state index contributed by atoms with van der Waals surface area (Å²) >= 11 is 0. The van der Waals surface area contributed by atoms with E-state index in [2.05, 4.69) is 16.6 Å². The highest BCUT2D eigenvalue weighted by Gasteiger charge is 2.30. The summed E-state index contributed by atoms with van der Waals surface area (Å²) in [5, 5.41) is 12.2. The van der Waals surface area contributed by atoms with Gasteiger partial charge >= 0.3 is 5.97 Å². The average molecular weight is 380 g/mol. The summed E-state index contributed by atoms with van der Waals surface area (Å²) < 4.78 is 26.4. The minimum Gasteiger partial charge on any atom is -0.481 e. The molecular weight excluding hydrogens is 356 g/mol. The van der Waals surface area contributed by atoms with Crippen LogP contribution in [0.25, 0.3) is 0 Å². The Morgan fingerprint density at radius 3 is 2.42 bits per heavy atom. The van der Waals surface area contributed by atoms with Crippen molar-refractivity contribution < 1.29 is 23.1 Å². The van der Waals surface area contributed by atoms with E-state index in [0.29, 0.717) is 18.4 Å². The summed E-state index contributed by atoms with van der Waals surface area (Å²) in [5.41, 5.74) is 0.293. The number of sulfonamides is 1. The van der Waals surface area contributed by atoms with E-state index in [1.807, 2.05) is 0 Å². The summed E-state index contributed by atoms with van der Waals surface area (Å²) in [5.74, 6) is -1.89. The molecule has 26 heavy (non-hydrogen) atoms. The summed E-state index contributed by atoms with van der Waals surface area (Å²) in [7, 11) is -3.65. The molecule has 0 spiro atoms. The second kappa shape index (κ2) is 8.95. The predicted octanol–water partition coefficient (Wildman–Crippen LogP) is 1.91. The Morgan fingerprint density at radius 2 is 1.81 bits per heavy atom. The molecule has 7 nitrogen and oxygen atoms in total. The van der Waals surface area contributed by atoms with Crippen molar-refractivity contribution in [1.29, 1.82) is 0 Å². The van der Waals surface area contributed by atoms with Crippen LogP contribution in [0.3, 0.4) is 0 Å². The fourth-order valence-corrected chi connectivity index (χ4v) is 4.06. The molecule has 3 N–H and O–H groups in total. The van der Waals surface area contributed by atoms with Gasteiger partial charge in [-0.1, -0.05) is 25.3 Å². The molecule has 0 aromatic heterocycles. The molecule has 0 heterocycles. The maximum Gasteiger partial charge on any atom is 0.308 e. The zero-order valence-electron chi connectivity index (χ0n) is 14.5. The topological polar surface area (TPSA) is 113 Å². The first kappa shape index (κ1) is 20.1. The molecule has 2 atom stereocenters. The first-order valence-electron chi connectivity index (χ1n) is 8.59. The van der Waals surface area contributed by atoms with Crippen LogP contribution < -0.4 is 10.0 Å². The van der Waals surface area contributed by atoms with E-state index in [1.165, 1.54) is 30.3 Å². The van der Waals surface area contributed by atoms with Crippen LogP contribution in [-0.4, -0.2) is 38.0 Å². The minimum atomic E-state index is -3.65. The molecule has 1 amide bonds. The Bertz CT molecular complexity index is 758. The number of amides is 1. The summed E-state index contributed by atoms with van der Waals surface area (Å²) in [6, 6.07) is 5.12.